The Balaban J connectivity index is 1.71. The Bertz CT molecular complexity index is 775. The molecular weight excluding hydrogens is 374 g/mol. The van der Waals surface area contributed by atoms with Crippen LogP contribution in [0.5, 0.6) is 0 Å². The van der Waals surface area contributed by atoms with Crippen LogP contribution in [0.3, 0.4) is 0 Å². The molecule has 2 fully saturated rings. The fourth-order valence-electron chi connectivity index (χ4n) is 2.95. The van der Waals surface area contributed by atoms with Crippen molar-refractivity contribution in [2.24, 2.45) is 0 Å². The van der Waals surface area contributed by atoms with Gasteiger partial charge in [-0.1, -0.05) is 12.1 Å². The Morgan fingerprint density at radius 1 is 1.21 bits per heavy atom. The van der Waals surface area contributed by atoms with Crippen LogP contribution in [0.15, 0.2) is 24.3 Å². The third kappa shape index (κ3) is 4.61. The molecule has 11 nitrogen and oxygen atoms in total. The standard InChI is InChI=1S/C17H19N3O8/c21-15(13-14(28-13)17(23)24)18-12(16(22)19-5-7-27-8-6-19)9-10-1-3-11(4-2-10)20(25)26/h1-4,12-14H,5-9H2,(H,18,21)(H,23,24)/t12-,13-,14-/m0/s1. The molecule has 2 aliphatic rings. The predicted octanol–water partition coefficient (Wildman–Crippen LogP) is -0.667. The number of morpholine rings is 1. The molecule has 2 saturated heterocycles. The summed E-state index contributed by atoms with van der Waals surface area (Å²) in [5, 5.41) is 22.2. The van der Waals surface area contributed by atoms with E-state index in [9.17, 15) is 24.5 Å². The van der Waals surface area contributed by atoms with Crippen LogP contribution in [0.2, 0.25) is 0 Å². The van der Waals surface area contributed by atoms with Crippen LogP contribution < -0.4 is 5.32 Å². The lowest BCUT2D eigenvalue weighted by Crippen LogP contribution is -2.53. The average Bonchev–Trinajstić information content (AvgIpc) is 3.49. The predicted molar refractivity (Wildman–Crippen MR) is 92.4 cm³/mol. The number of carbonyl (C=O) groups excluding carboxylic acids is 2. The Morgan fingerprint density at radius 2 is 1.86 bits per heavy atom. The number of nitro groups is 1. The number of ether oxygens (including phenoxy) is 2. The molecule has 3 rings (SSSR count). The molecule has 11 heteroatoms. The Morgan fingerprint density at radius 3 is 2.39 bits per heavy atom. The van der Waals surface area contributed by atoms with Crippen molar-refractivity contribution in [3.8, 4) is 0 Å². The van der Waals surface area contributed by atoms with Gasteiger partial charge in [-0.3, -0.25) is 19.7 Å². The summed E-state index contributed by atoms with van der Waals surface area (Å²) < 4.78 is 10.1. The van der Waals surface area contributed by atoms with E-state index in [2.05, 4.69) is 5.32 Å². The number of carboxylic acid groups (broad SMARTS) is 1. The van der Waals surface area contributed by atoms with Gasteiger partial charge in [0, 0.05) is 31.6 Å². The zero-order valence-electron chi connectivity index (χ0n) is 14.8. The fraction of sp³-hybridized carbons (Fsp3) is 0.471. The molecule has 2 amide bonds. The molecule has 2 N–H and O–H groups in total. The lowest BCUT2D eigenvalue weighted by molar-refractivity contribution is -0.384. The number of benzene rings is 1. The average molecular weight is 393 g/mol. The number of carbonyl (C=O) groups is 3. The number of nitrogens with zero attached hydrogens (tertiary/aromatic N) is 2. The van der Waals surface area contributed by atoms with E-state index in [0.717, 1.165) is 0 Å². The van der Waals surface area contributed by atoms with Crippen molar-refractivity contribution < 1.29 is 33.9 Å². The lowest BCUT2D eigenvalue weighted by Gasteiger charge is -2.30. The second-order valence-corrected chi connectivity index (χ2v) is 6.44. The SMILES string of the molecule is O=C(O)[C@H]1O[C@@H]1C(=O)N[C@@H](Cc1ccc([N+](=O)[O-])cc1)C(=O)N1CCOCC1. The van der Waals surface area contributed by atoms with Crippen LogP contribution in [0.4, 0.5) is 5.69 Å². The Hall–Kier alpha value is -3.05. The van der Waals surface area contributed by atoms with Crippen molar-refractivity contribution in [2.75, 3.05) is 26.3 Å². The summed E-state index contributed by atoms with van der Waals surface area (Å²) in [6.45, 7) is 1.53. The van der Waals surface area contributed by atoms with Crippen LogP contribution in [-0.4, -0.2) is 77.3 Å². The van der Waals surface area contributed by atoms with Crippen molar-refractivity contribution in [3.63, 3.8) is 0 Å². The lowest BCUT2D eigenvalue weighted by atomic mass is 10.0. The van der Waals surface area contributed by atoms with Gasteiger partial charge in [-0.15, -0.1) is 0 Å². The summed E-state index contributed by atoms with van der Waals surface area (Å²) in [6, 6.07) is 4.70. The largest absolute Gasteiger partial charge is 0.479 e. The van der Waals surface area contributed by atoms with Gasteiger partial charge in [0.25, 0.3) is 11.6 Å². The highest BCUT2D eigenvalue weighted by atomic mass is 16.6. The topological polar surface area (TPSA) is 152 Å². The molecule has 0 bridgehead atoms. The van der Waals surface area contributed by atoms with Crippen LogP contribution >= 0.6 is 0 Å². The summed E-state index contributed by atoms with van der Waals surface area (Å²) in [5.74, 6) is -2.25. The smallest absolute Gasteiger partial charge is 0.336 e. The highest BCUT2D eigenvalue weighted by Gasteiger charge is 2.51. The number of nitrogens with one attached hydrogen (secondary N) is 1. The summed E-state index contributed by atoms with van der Waals surface area (Å²) in [6.07, 6.45) is -2.24. The molecule has 0 saturated carbocycles. The van der Waals surface area contributed by atoms with Gasteiger partial charge < -0.3 is 24.8 Å². The van der Waals surface area contributed by atoms with Crippen molar-refractivity contribution >= 4 is 23.5 Å². The molecule has 0 unspecified atom stereocenters. The fourth-order valence-corrected chi connectivity index (χ4v) is 2.95. The van der Waals surface area contributed by atoms with E-state index in [0.29, 0.717) is 31.9 Å². The normalized spacial score (nSPS) is 22.2. The van der Waals surface area contributed by atoms with Gasteiger partial charge in [0.05, 0.1) is 18.1 Å². The number of epoxide rings is 1. The molecule has 0 aromatic heterocycles. The van der Waals surface area contributed by atoms with E-state index in [1.165, 1.54) is 24.3 Å². The molecule has 3 atom stereocenters. The summed E-state index contributed by atoms with van der Waals surface area (Å²) in [4.78, 5) is 47.8. The van der Waals surface area contributed by atoms with Gasteiger partial charge in [0.2, 0.25) is 5.91 Å². The van der Waals surface area contributed by atoms with Crippen molar-refractivity contribution in [2.45, 2.75) is 24.7 Å². The van der Waals surface area contributed by atoms with Gasteiger partial charge in [-0.05, 0) is 5.56 Å². The highest BCUT2D eigenvalue weighted by molar-refractivity contribution is 5.95. The number of hydrogen-bond acceptors (Lipinski definition) is 7. The molecule has 1 aromatic rings. The number of nitro benzene ring substituents is 1. The van der Waals surface area contributed by atoms with Gasteiger partial charge in [0.15, 0.2) is 12.2 Å². The van der Waals surface area contributed by atoms with Gasteiger partial charge in [-0.2, -0.15) is 0 Å². The van der Waals surface area contributed by atoms with E-state index in [4.69, 9.17) is 14.6 Å². The molecule has 1 aromatic carbocycles. The molecule has 150 valence electrons. The van der Waals surface area contributed by atoms with Crippen molar-refractivity contribution in [3.05, 3.63) is 39.9 Å². The van der Waals surface area contributed by atoms with Crippen LogP contribution in [0.1, 0.15) is 5.56 Å². The van der Waals surface area contributed by atoms with Gasteiger partial charge in [0.1, 0.15) is 6.04 Å². The quantitative estimate of drug-likeness (QED) is 0.352. The molecule has 0 aliphatic carbocycles. The first kappa shape index (κ1) is 19.7. The number of amides is 2. The van der Waals surface area contributed by atoms with Gasteiger partial charge in [-0.25, -0.2) is 4.79 Å². The minimum atomic E-state index is -1.24. The number of aliphatic carboxylic acids is 1. The summed E-state index contributed by atoms with van der Waals surface area (Å²) in [7, 11) is 0. The monoisotopic (exact) mass is 393 g/mol. The van der Waals surface area contributed by atoms with E-state index >= 15 is 0 Å². The highest BCUT2D eigenvalue weighted by Crippen LogP contribution is 2.23. The van der Waals surface area contributed by atoms with E-state index in [-0.39, 0.29) is 18.0 Å². The maximum absolute atomic E-state index is 12.9. The van der Waals surface area contributed by atoms with E-state index < -0.39 is 35.0 Å². The van der Waals surface area contributed by atoms with Gasteiger partial charge >= 0.3 is 5.97 Å². The first-order chi connectivity index (χ1) is 13.4. The van der Waals surface area contributed by atoms with Crippen molar-refractivity contribution in [1.29, 1.82) is 0 Å². The summed E-state index contributed by atoms with van der Waals surface area (Å²) >= 11 is 0. The van der Waals surface area contributed by atoms with Crippen LogP contribution in [0.25, 0.3) is 0 Å². The number of hydrogen-bond donors (Lipinski definition) is 2. The second kappa shape index (κ2) is 8.31. The molecule has 0 spiro atoms. The number of non-ortho nitro benzene ring substituents is 1. The van der Waals surface area contributed by atoms with Crippen LogP contribution in [-0.2, 0) is 30.3 Å². The number of carboxylic acids is 1. The number of rotatable bonds is 7. The van der Waals surface area contributed by atoms with E-state index in [1.807, 2.05) is 0 Å². The molecule has 2 aliphatic heterocycles. The first-order valence-corrected chi connectivity index (χ1v) is 8.65. The molecule has 0 radical (unpaired) electrons. The molecular formula is C17H19N3O8. The molecule has 2 heterocycles. The zero-order valence-corrected chi connectivity index (χ0v) is 14.8. The Kier molecular flexibility index (Phi) is 5.85. The third-order valence-corrected chi connectivity index (χ3v) is 4.52. The maximum atomic E-state index is 12.9. The molecule has 28 heavy (non-hydrogen) atoms. The first-order valence-electron chi connectivity index (χ1n) is 8.65. The van der Waals surface area contributed by atoms with Crippen molar-refractivity contribution in [1.82, 2.24) is 10.2 Å². The minimum Gasteiger partial charge on any atom is -0.479 e. The maximum Gasteiger partial charge on any atom is 0.336 e. The Labute approximate surface area is 159 Å². The summed E-state index contributed by atoms with van der Waals surface area (Å²) in [5.41, 5.74) is 0.531. The van der Waals surface area contributed by atoms with Crippen LogP contribution in [0, 0.1) is 10.1 Å². The third-order valence-electron chi connectivity index (χ3n) is 4.52. The second-order valence-electron chi connectivity index (χ2n) is 6.44. The van der Waals surface area contributed by atoms with E-state index in [1.54, 1.807) is 4.90 Å². The minimum absolute atomic E-state index is 0.0838. The zero-order chi connectivity index (χ0) is 20.3.